The van der Waals surface area contributed by atoms with Crippen molar-refractivity contribution in [3.63, 3.8) is 0 Å². The number of nitrogens with two attached hydrogens (primary N) is 1. The molecule has 110 valence electrons. The topological polar surface area (TPSA) is 136 Å². The van der Waals surface area contributed by atoms with Gasteiger partial charge in [-0.3, -0.25) is 4.79 Å². The molecule has 0 aliphatic carbocycles. The Balaban J connectivity index is 3.04. The maximum absolute atomic E-state index is 12.0. The number of ether oxygens (including phenoxy) is 1. The number of esters is 1. The van der Waals surface area contributed by atoms with Crippen LogP contribution in [0.1, 0.15) is 17.3 Å². The summed E-state index contributed by atoms with van der Waals surface area (Å²) in [4.78, 5) is 21.7. The Hall–Kier alpha value is -2.13. The van der Waals surface area contributed by atoms with Crippen LogP contribution in [0.15, 0.2) is 23.1 Å². The Morgan fingerprint density at radius 3 is 2.60 bits per heavy atom. The molecule has 0 amide bonds. The van der Waals surface area contributed by atoms with Crippen LogP contribution >= 0.6 is 0 Å². The van der Waals surface area contributed by atoms with Crippen LogP contribution in [-0.2, 0) is 19.6 Å². The molecule has 1 aromatic rings. The monoisotopic (exact) mass is 302 g/mol. The number of benzene rings is 1. The van der Waals surface area contributed by atoms with Crippen molar-refractivity contribution in [2.24, 2.45) is 0 Å². The van der Waals surface area contributed by atoms with Crippen molar-refractivity contribution in [1.29, 1.82) is 0 Å². The molecule has 1 rings (SSSR count). The van der Waals surface area contributed by atoms with Gasteiger partial charge >= 0.3 is 11.9 Å². The second-order valence-corrected chi connectivity index (χ2v) is 5.43. The number of carboxylic acid groups (broad SMARTS) is 1. The predicted octanol–water partition coefficient (Wildman–Crippen LogP) is -0.192. The molecule has 0 aliphatic heterocycles. The number of carboxylic acids is 1. The predicted molar refractivity (Wildman–Crippen MR) is 69.6 cm³/mol. The first kappa shape index (κ1) is 15.9. The summed E-state index contributed by atoms with van der Waals surface area (Å²) in [6, 6.07) is 3.35. The molecule has 0 spiro atoms. The summed E-state index contributed by atoms with van der Waals surface area (Å²) in [6.45, 7) is 1.11. The summed E-state index contributed by atoms with van der Waals surface area (Å²) in [6.07, 6.45) is 0. The minimum Gasteiger partial charge on any atom is -0.478 e. The third-order valence-electron chi connectivity index (χ3n) is 2.24. The van der Waals surface area contributed by atoms with E-state index in [1.807, 2.05) is 4.72 Å². The third kappa shape index (κ3) is 3.93. The molecule has 0 aliphatic rings. The summed E-state index contributed by atoms with van der Waals surface area (Å²) in [5.41, 5.74) is 5.06. The van der Waals surface area contributed by atoms with Crippen molar-refractivity contribution >= 4 is 27.6 Å². The van der Waals surface area contributed by atoms with Gasteiger partial charge in [-0.2, -0.15) is 4.72 Å². The van der Waals surface area contributed by atoms with Crippen LogP contribution in [0.5, 0.6) is 0 Å². The molecule has 0 fully saturated rings. The molecular weight excluding hydrogens is 288 g/mol. The van der Waals surface area contributed by atoms with Crippen LogP contribution in [0.4, 0.5) is 5.69 Å². The molecule has 1 aromatic carbocycles. The number of nitrogen functional groups attached to an aromatic ring is 1. The lowest BCUT2D eigenvalue weighted by molar-refractivity contribution is -0.141. The Kier molecular flexibility index (Phi) is 5.06. The van der Waals surface area contributed by atoms with E-state index in [2.05, 4.69) is 4.74 Å². The minimum absolute atomic E-state index is 0.114. The van der Waals surface area contributed by atoms with Crippen LogP contribution in [0.2, 0.25) is 0 Å². The molecule has 0 radical (unpaired) electrons. The number of carbonyl (C=O) groups excluding carboxylic acids is 1. The van der Waals surface area contributed by atoms with Crippen LogP contribution < -0.4 is 10.5 Å². The van der Waals surface area contributed by atoms with E-state index in [0.29, 0.717) is 0 Å². The van der Waals surface area contributed by atoms with E-state index in [9.17, 15) is 18.0 Å². The van der Waals surface area contributed by atoms with Gasteiger partial charge in [0.15, 0.2) is 0 Å². The number of sulfonamides is 1. The lowest BCUT2D eigenvalue weighted by Crippen LogP contribution is -2.31. The lowest BCUT2D eigenvalue weighted by Gasteiger charge is -2.09. The first-order valence-electron chi connectivity index (χ1n) is 5.56. The number of hydrogen-bond donors (Lipinski definition) is 3. The highest BCUT2D eigenvalue weighted by Gasteiger charge is 2.23. The van der Waals surface area contributed by atoms with Crippen LogP contribution in [0.25, 0.3) is 0 Å². The highest BCUT2D eigenvalue weighted by Crippen LogP contribution is 2.18. The summed E-state index contributed by atoms with van der Waals surface area (Å²) < 4.78 is 30.4. The van der Waals surface area contributed by atoms with Crippen molar-refractivity contribution in [2.75, 3.05) is 18.9 Å². The average Bonchev–Trinajstić information content (AvgIpc) is 2.36. The van der Waals surface area contributed by atoms with E-state index in [-0.39, 0.29) is 12.3 Å². The number of rotatable bonds is 6. The van der Waals surface area contributed by atoms with Crippen molar-refractivity contribution in [3.05, 3.63) is 23.8 Å². The Labute approximate surface area is 115 Å². The lowest BCUT2D eigenvalue weighted by atomic mass is 10.2. The van der Waals surface area contributed by atoms with Gasteiger partial charge in [-0.15, -0.1) is 0 Å². The molecule has 0 heterocycles. The van der Waals surface area contributed by atoms with Crippen molar-refractivity contribution < 1.29 is 27.9 Å². The summed E-state index contributed by atoms with van der Waals surface area (Å²) >= 11 is 0. The number of anilines is 1. The quantitative estimate of drug-likeness (QED) is 0.489. The summed E-state index contributed by atoms with van der Waals surface area (Å²) in [7, 11) is -4.15. The highest BCUT2D eigenvalue weighted by atomic mass is 32.2. The number of nitrogens with one attached hydrogen (secondary N) is 1. The van der Waals surface area contributed by atoms with Gasteiger partial charge in [-0.1, -0.05) is 0 Å². The zero-order valence-electron chi connectivity index (χ0n) is 10.6. The van der Waals surface area contributed by atoms with E-state index >= 15 is 0 Å². The van der Waals surface area contributed by atoms with E-state index < -0.39 is 39.0 Å². The largest absolute Gasteiger partial charge is 0.478 e. The van der Waals surface area contributed by atoms with Crippen molar-refractivity contribution in [2.45, 2.75) is 11.8 Å². The Morgan fingerprint density at radius 1 is 1.40 bits per heavy atom. The number of aromatic carboxylic acids is 1. The van der Waals surface area contributed by atoms with Crippen LogP contribution in [0, 0.1) is 0 Å². The van der Waals surface area contributed by atoms with E-state index in [4.69, 9.17) is 10.8 Å². The second kappa shape index (κ2) is 6.35. The Morgan fingerprint density at radius 2 is 2.05 bits per heavy atom. The molecule has 0 bridgehead atoms. The summed E-state index contributed by atoms with van der Waals surface area (Å²) in [5, 5.41) is 8.98. The van der Waals surface area contributed by atoms with Crippen LogP contribution in [0.3, 0.4) is 0 Å². The smallest absolute Gasteiger partial charge is 0.337 e. The molecule has 0 atom stereocenters. The van der Waals surface area contributed by atoms with Gasteiger partial charge in [0.05, 0.1) is 17.1 Å². The molecule has 0 aromatic heterocycles. The SMILES string of the molecule is CCOC(=O)CNS(=O)(=O)c1ccc(N)cc1C(=O)O. The normalized spacial score (nSPS) is 11.1. The molecule has 8 nitrogen and oxygen atoms in total. The van der Waals surface area contributed by atoms with Gasteiger partial charge in [0.25, 0.3) is 0 Å². The maximum Gasteiger partial charge on any atom is 0.337 e. The molecule has 4 N–H and O–H groups in total. The van der Waals surface area contributed by atoms with Gasteiger partial charge in [0.2, 0.25) is 10.0 Å². The Bertz CT molecular complexity index is 626. The fourth-order valence-corrected chi connectivity index (χ4v) is 2.54. The second-order valence-electron chi connectivity index (χ2n) is 3.69. The first-order chi connectivity index (χ1) is 9.27. The zero-order chi connectivity index (χ0) is 15.3. The van der Waals surface area contributed by atoms with Gasteiger partial charge in [-0.05, 0) is 25.1 Å². The van der Waals surface area contributed by atoms with E-state index in [1.165, 1.54) is 6.07 Å². The number of carbonyl (C=O) groups is 2. The first-order valence-corrected chi connectivity index (χ1v) is 7.04. The van der Waals surface area contributed by atoms with E-state index in [1.54, 1.807) is 6.92 Å². The van der Waals surface area contributed by atoms with Gasteiger partial charge in [0, 0.05) is 5.69 Å². The van der Waals surface area contributed by atoms with Crippen molar-refractivity contribution in [1.82, 2.24) is 4.72 Å². The van der Waals surface area contributed by atoms with E-state index in [0.717, 1.165) is 12.1 Å². The molecule has 9 heteroatoms. The fraction of sp³-hybridized carbons (Fsp3) is 0.273. The van der Waals surface area contributed by atoms with Gasteiger partial charge < -0.3 is 15.6 Å². The van der Waals surface area contributed by atoms with Gasteiger partial charge in [0.1, 0.15) is 6.54 Å². The fourth-order valence-electron chi connectivity index (χ4n) is 1.39. The molecule has 0 saturated carbocycles. The molecule has 0 saturated heterocycles. The van der Waals surface area contributed by atoms with Crippen LogP contribution in [-0.4, -0.2) is 38.6 Å². The molecular formula is C11H14N2O6S. The number of hydrogen-bond acceptors (Lipinski definition) is 6. The highest BCUT2D eigenvalue weighted by molar-refractivity contribution is 7.89. The summed E-state index contributed by atoms with van der Waals surface area (Å²) in [5.74, 6) is -2.20. The van der Waals surface area contributed by atoms with Crippen molar-refractivity contribution in [3.8, 4) is 0 Å². The molecule has 0 unspecified atom stereocenters. The molecule has 20 heavy (non-hydrogen) atoms. The third-order valence-corrected chi connectivity index (χ3v) is 3.69. The zero-order valence-corrected chi connectivity index (χ0v) is 11.4. The maximum atomic E-state index is 12.0. The average molecular weight is 302 g/mol. The minimum atomic E-state index is -4.15. The van der Waals surface area contributed by atoms with Gasteiger partial charge in [-0.25, -0.2) is 13.2 Å². The standard InChI is InChI=1S/C11H14N2O6S/c1-2-19-10(14)6-13-20(17,18)9-4-3-7(12)5-8(9)11(15)16/h3-5,13H,2,6,12H2,1H3,(H,15,16).